The maximum absolute atomic E-state index is 14.3. The van der Waals surface area contributed by atoms with Gasteiger partial charge < -0.3 is 19.8 Å². The van der Waals surface area contributed by atoms with Crippen LogP contribution in [0.4, 0.5) is 10.1 Å². The van der Waals surface area contributed by atoms with Gasteiger partial charge in [-0.25, -0.2) is 4.39 Å². The molecule has 1 unspecified atom stereocenters. The van der Waals surface area contributed by atoms with E-state index in [9.17, 15) is 23.9 Å². The van der Waals surface area contributed by atoms with Gasteiger partial charge in [-0.1, -0.05) is 30.3 Å². The van der Waals surface area contributed by atoms with Crippen molar-refractivity contribution in [1.29, 1.82) is 0 Å². The molecule has 166 valence electrons. The molecule has 0 saturated carbocycles. The van der Waals surface area contributed by atoms with Crippen LogP contribution in [0.3, 0.4) is 0 Å². The van der Waals surface area contributed by atoms with Gasteiger partial charge in [0.05, 0.1) is 5.57 Å². The summed E-state index contributed by atoms with van der Waals surface area (Å²) in [6, 6.07) is 10.9. The van der Waals surface area contributed by atoms with Crippen molar-refractivity contribution in [1.82, 2.24) is 9.80 Å². The van der Waals surface area contributed by atoms with Gasteiger partial charge >= 0.3 is 0 Å². The zero-order chi connectivity index (χ0) is 23.4. The number of halogens is 1. The lowest BCUT2D eigenvalue weighted by molar-refractivity contribution is -0.143. The van der Waals surface area contributed by atoms with Crippen LogP contribution in [0.1, 0.15) is 16.7 Å². The van der Waals surface area contributed by atoms with E-state index in [0.29, 0.717) is 23.4 Å². The average molecular weight is 437 g/mol. The first-order valence-electron chi connectivity index (χ1n) is 10.2. The summed E-state index contributed by atoms with van der Waals surface area (Å²) in [4.78, 5) is 44.6. The Bertz CT molecular complexity index is 1190. The molecule has 2 aliphatic heterocycles. The van der Waals surface area contributed by atoms with Gasteiger partial charge in [0.2, 0.25) is 0 Å². The average Bonchev–Trinajstić information content (AvgIpc) is 3.12. The molecule has 0 aliphatic carbocycles. The Hall–Kier alpha value is -3.52. The number of ketones is 1. The molecule has 8 heteroatoms. The zero-order valence-corrected chi connectivity index (χ0v) is 18.3. The first-order valence-corrected chi connectivity index (χ1v) is 10.2. The molecule has 2 heterocycles. The first kappa shape index (κ1) is 21.7. The van der Waals surface area contributed by atoms with Crippen LogP contribution in [-0.4, -0.2) is 66.7 Å². The number of aliphatic hydroxyl groups is 1. The van der Waals surface area contributed by atoms with Crippen LogP contribution in [0.25, 0.3) is 5.76 Å². The highest BCUT2D eigenvalue weighted by molar-refractivity contribution is 6.50. The lowest BCUT2D eigenvalue weighted by Gasteiger charge is -2.34. The van der Waals surface area contributed by atoms with Gasteiger partial charge in [-0.3, -0.25) is 14.4 Å². The fraction of sp³-hybridized carbons (Fsp3) is 0.292. The molecule has 32 heavy (non-hydrogen) atoms. The lowest BCUT2D eigenvalue weighted by Crippen LogP contribution is -2.52. The predicted molar refractivity (Wildman–Crippen MR) is 117 cm³/mol. The fourth-order valence-electron chi connectivity index (χ4n) is 4.46. The number of para-hydroxylation sites is 1. The Morgan fingerprint density at radius 2 is 1.81 bits per heavy atom. The van der Waals surface area contributed by atoms with Crippen molar-refractivity contribution < 1.29 is 23.9 Å². The third-order valence-electron chi connectivity index (χ3n) is 6.16. The van der Waals surface area contributed by atoms with E-state index >= 15 is 0 Å². The zero-order valence-electron chi connectivity index (χ0n) is 18.3. The number of benzene rings is 2. The molecular formula is C24H24FN3O4. The summed E-state index contributed by atoms with van der Waals surface area (Å²) < 4.78 is 14.3. The van der Waals surface area contributed by atoms with Gasteiger partial charge in [0, 0.05) is 37.0 Å². The highest BCUT2D eigenvalue weighted by atomic mass is 19.1. The molecule has 0 radical (unpaired) electrons. The van der Waals surface area contributed by atoms with Crippen molar-refractivity contribution in [3.05, 3.63) is 70.5 Å². The van der Waals surface area contributed by atoms with Crippen LogP contribution in [0.5, 0.6) is 0 Å². The van der Waals surface area contributed by atoms with E-state index in [1.165, 1.54) is 21.9 Å². The number of likely N-dealkylation sites (N-methyl/N-ethyl adjacent to an activating group) is 2. The summed E-state index contributed by atoms with van der Waals surface area (Å²) in [7, 11) is 5.19. The van der Waals surface area contributed by atoms with Gasteiger partial charge in [0.1, 0.15) is 11.6 Å². The van der Waals surface area contributed by atoms with Gasteiger partial charge in [-0.2, -0.15) is 0 Å². The number of rotatable bonds is 4. The van der Waals surface area contributed by atoms with Crippen LogP contribution in [0.15, 0.2) is 48.0 Å². The number of nitrogens with zero attached hydrogens (tertiary/aromatic N) is 3. The first-order chi connectivity index (χ1) is 15.1. The molecule has 1 N–H and O–H groups in total. The number of carbonyl (C=O) groups is 3. The molecule has 1 saturated heterocycles. The Balaban J connectivity index is 2.05. The van der Waals surface area contributed by atoms with Crippen molar-refractivity contribution in [2.75, 3.05) is 39.1 Å². The number of aliphatic hydroxyl groups excluding tert-OH is 1. The third-order valence-corrected chi connectivity index (χ3v) is 6.16. The topological polar surface area (TPSA) is 81.2 Å². The molecule has 1 fully saturated rings. The van der Waals surface area contributed by atoms with Gasteiger partial charge in [0.15, 0.2) is 5.54 Å². The fourth-order valence-corrected chi connectivity index (χ4v) is 4.46. The second-order valence-electron chi connectivity index (χ2n) is 8.37. The molecule has 4 rings (SSSR count). The normalized spacial score (nSPS) is 21.9. The number of Topliss-reactive ketones (excluding diaryl/α,β-unsaturated/α-hetero) is 1. The standard InChI is InChI=1S/C24H24FN3O4/c1-14-9-10-15(13-17(14)25)20(29)19-21(30)22(31)28(12-11-26(2)3)24(19)16-7-5-6-8-18(16)27(4)23(24)32/h5-10,13,29H,11-12H2,1-4H3. The summed E-state index contributed by atoms with van der Waals surface area (Å²) in [6.45, 7) is 2.06. The van der Waals surface area contributed by atoms with E-state index in [1.807, 2.05) is 19.0 Å². The van der Waals surface area contributed by atoms with E-state index in [-0.39, 0.29) is 17.7 Å². The van der Waals surface area contributed by atoms with Crippen molar-refractivity contribution in [2.24, 2.45) is 0 Å². The SMILES string of the molecule is Cc1ccc(C(O)=C2C(=O)C(=O)N(CCN(C)C)C23C(=O)N(C)c2ccccc23)cc1F. The number of fused-ring (bicyclic) bond motifs is 2. The maximum atomic E-state index is 14.3. The van der Waals surface area contributed by atoms with Gasteiger partial charge in [-0.05, 0) is 38.7 Å². The minimum atomic E-state index is -1.82. The number of anilines is 1. The van der Waals surface area contributed by atoms with Crippen LogP contribution in [0, 0.1) is 12.7 Å². The maximum Gasteiger partial charge on any atom is 0.296 e. The van der Waals surface area contributed by atoms with E-state index in [4.69, 9.17) is 0 Å². The largest absolute Gasteiger partial charge is 0.507 e. The minimum absolute atomic E-state index is 0.0259. The summed E-state index contributed by atoms with van der Waals surface area (Å²) in [5, 5.41) is 11.2. The molecule has 2 aromatic rings. The highest BCUT2D eigenvalue weighted by Gasteiger charge is 2.66. The Kier molecular flexibility index (Phi) is 5.13. The number of hydrogen-bond acceptors (Lipinski definition) is 5. The third kappa shape index (κ3) is 2.86. The molecule has 0 aromatic heterocycles. The molecule has 2 aromatic carbocycles. The number of aryl methyl sites for hydroxylation is 1. The van der Waals surface area contributed by atoms with Crippen LogP contribution in [-0.2, 0) is 19.9 Å². The summed E-state index contributed by atoms with van der Waals surface area (Å²) in [5.74, 6) is -3.51. The van der Waals surface area contributed by atoms with Crippen LogP contribution < -0.4 is 4.90 Å². The van der Waals surface area contributed by atoms with E-state index < -0.39 is 34.7 Å². The van der Waals surface area contributed by atoms with Crippen molar-refractivity contribution in [2.45, 2.75) is 12.5 Å². The second kappa shape index (κ2) is 7.56. The molecule has 2 aliphatic rings. The molecule has 1 atom stereocenters. The van der Waals surface area contributed by atoms with Crippen LogP contribution >= 0.6 is 0 Å². The van der Waals surface area contributed by atoms with Crippen molar-refractivity contribution in [3.63, 3.8) is 0 Å². The number of hydrogen-bond donors (Lipinski definition) is 1. The summed E-state index contributed by atoms with van der Waals surface area (Å²) in [5.41, 5.74) is -0.801. The Morgan fingerprint density at radius 3 is 2.47 bits per heavy atom. The predicted octanol–water partition coefficient (Wildman–Crippen LogP) is 2.25. The van der Waals surface area contributed by atoms with Crippen LogP contribution in [0.2, 0.25) is 0 Å². The minimum Gasteiger partial charge on any atom is -0.507 e. The summed E-state index contributed by atoms with van der Waals surface area (Å²) >= 11 is 0. The van der Waals surface area contributed by atoms with E-state index in [2.05, 4.69) is 0 Å². The molecule has 7 nitrogen and oxygen atoms in total. The number of amides is 2. The molecular weight excluding hydrogens is 413 g/mol. The van der Waals surface area contributed by atoms with E-state index in [1.54, 1.807) is 38.2 Å². The van der Waals surface area contributed by atoms with E-state index in [0.717, 1.165) is 6.07 Å². The smallest absolute Gasteiger partial charge is 0.296 e. The van der Waals surface area contributed by atoms with Gasteiger partial charge in [-0.15, -0.1) is 0 Å². The Labute approximate surface area is 185 Å². The molecule has 0 bridgehead atoms. The highest BCUT2D eigenvalue weighted by Crippen LogP contribution is 2.53. The quantitative estimate of drug-likeness (QED) is 0.451. The molecule has 1 spiro atoms. The second-order valence-corrected chi connectivity index (χ2v) is 8.37. The van der Waals surface area contributed by atoms with Gasteiger partial charge in [0.25, 0.3) is 17.6 Å². The monoisotopic (exact) mass is 437 g/mol. The lowest BCUT2D eigenvalue weighted by atomic mass is 9.82. The number of likely N-dealkylation sites (tertiary alicyclic amines) is 1. The number of carbonyl (C=O) groups excluding carboxylic acids is 3. The molecule has 2 amide bonds. The Morgan fingerprint density at radius 1 is 1.12 bits per heavy atom. The summed E-state index contributed by atoms with van der Waals surface area (Å²) in [6.07, 6.45) is 0. The van der Waals surface area contributed by atoms with Crippen molar-refractivity contribution >= 4 is 29.0 Å². The van der Waals surface area contributed by atoms with Crippen molar-refractivity contribution in [3.8, 4) is 0 Å².